The molecule has 1 nitrogen and oxygen atoms in total. The van der Waals surface area contributed by atoms with E-state index in [-0.39, 0.29) is 0 Å². The topological polar surface area (TPSA) is 12.0 Å². The lowest BCUT2D eigenvalue weighted by molar-refractivity contribution is 0.817. The van der Waals surface area contributed by atoms with Crippen LogP contribution in [0, 0.1) is 0 Å². The van der Waals surface area contributed by atoms with Crippen molar-refractivity contribution < 1.29 is 4.11 Å². The summed E-state index contributed by atoms with van der Waals surface area (Å²) >= 11 is 3.31. The number of hydrogen-bond donors (Lipinski definition) is 1. The molecule has 1 aromatic carbocycles. The fourth-order valence-electron chi connectivity index (χ4n) is 0.749. The third kappa shape index (κ3) is 2.12. The number of rotatable bonds is 2. The molecule has 0 aliphatic carbocycles. The van der Waals surface area contributed by atoms with Gasteiger partial charge in [0, 0.05) is 15.1 Å². The lowest BCUT2D eigenvalue weighted by atomic mass is 10.2. The van der Waals surface area contributed by atoms with Crippen LogP contribution in [0.4, 0.5) is 0 Å². The normalized spacial score (nSPS) is 15.5. The summed E-state index contributed by atoms with van der Waals surface area (Å²) in [6.07, 6.45) is 0. The SMILES string of the molecule is [2H]C([2H])([2H])NCc1cccc(Br)c1. The average Bonchev–Trinajstić information content (AvgIpc) is 2.00. The summed E-state index contributed by atoms with van der Waals surface area (Å²) in [5.41, 5.74) is 0.950. The van der Waals surface area contributed by atoms with Gasteiger partial charge in [-0.05, 0) is 24.7 Å². The van der Waals surface area contributed by atoms with Crippen LogP contribution < -0.4 is 5.32 Å². The Morgan fingerprint density at radius 1 is 1.70 bits per heavy atom. The first-order valence-corrected chi connectivity index (χ1v) is 3.76. The molecular formula is C8H10BrN. The molecule has 0 heterocycles. The van der Waals surface area contributed by atoms with Gasteiger partial charge in [0.05, 0.1) is 0 Å². The van der Waals surface area contributed by atoms with Crippen molar-refractivity contribution >= 4 is 15.9 Å². The Kier molecular flexibility index (Phi) is 1.69. The van der Waals surface area contributed by atoms with Gasteiger partial charge in [-0.2, -0.15) is 0 Å². The van der Waals surface area contributed by atoms with Gasteiger partial charge < -0.3 is 5.32 Å². The molecular weight excluding hydrogens is 190 g/mol. The highest BCUT2D eigenvalue weighted by molar-refractivity contribution is 9.10. The minimum Gasteiger partial charge on any atom is -0.316 e. The lowest BCUT2D eigenvalue weighted by Gasteiger charge is -1.98. The van der Waals surface area contributed by atoms with Crippen LogP contribution >= 0.6 is 15.9 Å². The molecule has 0 atom stereocenters. The molecule has 0 saturated carbocycles. The van der Waals surface area contributed by atoms with E-state index in [0.29, 0.717) is 6.54 Å². The Hall–Kier alpha value is -0.340. The fourth-order valence-corrected chi connectivity index (χ4v) is 1.20. The number of benzene rings is 1. The zero-order valence-corrected chi connectivity index (χ0v) is 6.98. The van der Waals surface area contributed by atoms with Gasteiger partial charge >= 0.3 is 0 Å². The van der Waals surface area contributed by atoms with Crippen molar-refractivity contribution in [1.82, 2.24) is 5.32 Å². The molecule has 0 spiro atoms. The Bertz CT molecular complexity index is 285. The number of hydrogen-bond acceptors (Lipinski definition) is 1. The fraction of sp³-hybridized carbons (Fsp3) is 0.250. The van der Waals surface area contributed by atoms with Gasteiger partial charge in [0.25, 0.3) is 0 Å². The van der Waals surface area contributed by atoms with Crippen molar-refractivity contribution in [2.75, 3.05) is 6.98 Å². The molecule has 0 saturated heterocycles. The second-order valence-electron chi connectivity index (χ2n) is 1.98. The molecule has 1 rings (SSSR count). The van der Waals surface area contributed by atoms with Gasteiger partial charge in [-0.25, -0.2) is 0 Å². The van der Waals surface area contributed by atoms with Crippen molar-refractivity contribution in [2.45, 2.75) is 6.54 Å². The Morgan fingerprint density at radius 2 is 2.60 bits per heavy atom. The molecule has 54 valence electrons. The summed E-state index contributed by atoms with van der Waals surface area (Å²) in [5.74, 6) is 0. The Morgan fingerprint density at radius 3 is 3.30 bits per heavy atom. The molecule has 0 radical (unpaired) electrons. The summed E-state index contributed by atoms with van der Waals surface area (Å²) < 4.78 is 21.8. The quantitative estimate of drug-likeness (QED) is 0.776. The van der Waals surface area contributed by atoms with Gasteiger partial charge in [-0.1, -0.05) is 28.1 Å². The van der Waals surface area contributed by atoms with Gasteiger partial charge in [-0.15, -0.1) is 0 Å². The largest absolute Gasteiger partial charge is 0.316 e. The van der Waals surface area contributed by atoms with Crippen LogP contribution in [0.5, 0.6) is 0 Å². The standard InChI is InChI=1S/C8H10BrN/c1-10-6-7-3-2-4-8(9)5-7/h2-5,10H,6H2,1H3/i1D3. The van der Waals surface area contributed by atoms with Gasteiger partial charge in [0.15, 0.2) is 0 Å². The third-order valence-electron chi connectivity index (χ3n) is 1.18. The van der Waals surface area contributed by atoms with Crippen LogP contribution in [0.25, 0.3) is 0 Å². The molecule has 0 bridgehead atoms. The highest BCUT2D eigenvalue weighted by Crippen LogP contribution is 2.10. The molecule has 2 heteroatoms. The first-order chi connectivity index (χ1) is 5.97. The Balaban J connectivity index is 2.55. The van der Waals surface area contributed by atoms with E-state index < -0.39 is 6.98 Å². The van der Waals surface area contributed by atoms with Gasteiger partial charge in [0.1, 0.15) is 0 Å². The summed E-state index contributed by atoms with van der Waals surface area (Å²) in [4.78, 5) is 0. The number of nitrogens with one attached hydrogen (secondary N) is 1. The van der Waals surface area contributed by atoms with E-state index in [4.69, 9.17) is 4.11 Å². The highest BCUT2D eigenvalue weighted by Gasteiger charge is 1.89. The van der Waals surface area contributed by atoms with Crippen LogP contribution in [-0.4, -0.2) is 6.98 Å². The van der Waals surface area contributed by atoms with Crippen LogP contribution in [0.3, 0.4) is 0 Å². The van der Waals surface area contributed by atoms with E-state index in [9.17, 15) is 0 Å². The molecule has 0 aromatic heterocycles. The molecule has 0 aliphatic rings. The second-order valence-corrected chi connectivity index (χ2v) is 2.90. The van der Waals surface area contributed by atoms with E-state index in [2.05, 4.69) is 21.2 Å². The van der Waals surface area contributed by atoms with Crippen molar-refractivity contribution in [1.29, 1.82) is 0 Å². The molecule has 1 N–H and O–H groups in total. The minimum atomic E-state index is -2.07. The summed E-state index contributed by atoms with van der Waals surface area (Å²) in [5, 5.41) is 2.44. The van der Waals surface area contributed by atoms with Crippen LogP contribution in [0.1, 0.15) is 9.68 Å². The zero-order valence-electron chi connectivity index (χ0n) is 8.39. The van der Waals surface area contributed by atoms with Crippen LogP contribution in [-0.2, 0) is 6.54 Å². The van der Waals surface area contributed by atoms with Crippen molar-refractivity contribution in [2.24, 2.45) is 0 Å². The van der Waals surface area contributed by atoms with Crippen molar-refractivity contribution in [3.63, 3.8) is 0 Å². The Labute approximate surface area is 73.8 Å². The predicted molar refractivity (Wildman–Crippen MR) is 46.9 cm³/mol. The molecule has 1 aromatic rings. The molecule has 0 aliphatic heterocycles. The van der Waals surface area contributed by atoms with E-state index >= 15 is 0 Å². The van der Waals surface area contributed by atoms with E-state index in [1.54, 1.807) is 0 Å². The van der Waals surface area contributed by atoms with Crippen molar-refractivity contribution in [3.8, 4) is 0 Å². The van der Waals surface area contributed by atoms with Gasteiger partial charge in [-0.3, -0.25) is 0 Å². The lowest BCUT2D eigenvalue weighted by Crippen LogP contribution is -2.04. The molecule has 0 fully saturated rings. The smallest absolute Gasteiger partial charge is 0.0391 e. The summed E-state index contributed by atoms with van der Waals surface area (Å²) in [7, 11) is 0. The number of halogens is 1. The van der Waals surface area contributed by atoms with E-state index in [0.717, 1.165) is 10.0 Å². The summed E-state index contributed by atoms with van der Waals surface area (Å²) in [6, 6.07) is 7.54. The predicted octanol–water partition coefficient (Wildman–Crippen LogP) is 2.17. The second kappa shape index (κ2) is 3.74. The maximum absolute atomic E-state index is 6.95. The maximum Gasteiger partial charge on any atom is 0.0391 e. The van der Waals surface area contributed by atoms with Crippen molar-refractivity contribution in [3.05, 3.63) is 34.3 Å². The third-order valence-corrected chi connectivity index (χ3v) is 1.67. The monoisotopic (exact) mass is 202 g/mol. The van der Waals surface area contributed by atoms with E-state index in [1.165, 1.54) is 0 Å². The van der Waals surface area contributed by atoms with Gasteiger partial charge in [0.2, 0.25) is 0 Å². The first-order valence-electron chi connectivity index (χ1n) is 4.47. The minimum absolute atomic E-state index is 0.357. The molecule has 10 heavy (non-hydrogen) atoms. The molecule has 0 unspecified atom stereocenters. The average molecular weight is 203 g/mol. The molecule has 0 amide bonds. The summed E-state index contributed by atoms with van der Waals surface area (Å²) in [6.45, 7) is -1.71. The zero-order chi connectivity index (χ0) is 9.90. The van der Waals surface area contributed by atoms with Crippen LogP contribution in [0.15, 0.2) is 28.7 Å². The highest BCUT2D eigenvalue weighted by atomic mass is 79.9. The maximum atomic E-state index is 6.95. The first kappa shape index (κ1) is 4.52. The van der Waals surface area contributed by atoms with Crippen LogP contribution in [0.2, 0.25) is 0 Å². The van der Waals surface area contributed by atoms with E-state index in [1.807, 2.05) is 24.3 Å².